The van der Waals surface area contributed by atoms with Crippen LogP contribution in [0.4, 0.5) is 0 Å². The number of ether oxygens (including phenoxy) is 1. The summed E-state index contributed by atoms with van der Waals surface area (Å²) in [6, 6.07) is 13.1. The van der Waals surface area contributed by atoms with Crippen LogP contribution < -0.4 is 4.74 Å². The molecule has 0 atom stereocenters. The van der Waals surface area contributed by atoms with Gasteiger partial charge >= 0.3 is 0 Å². The van der Waals surface area contributed by atoms with E-state index in [1.807, 2.05) is 36.4 Å². The maximum Gasteiger partial charge on any atom is 0.119 e. The van der Waals surface area contributed by atoms with Gasteiger partial charge in [-0.2, -0.15) is 0 Å². The minimum absolute atomic E-state index is 0.327. The molecule has 0 bridgehead atoms. The quantitative estimate of drug-likeness (QED) is 0.604. The first kappa shape index (κ1) is 18.5. The predicted octanol–water partition coefficient (Wildman–Crippen LogP) is 5.90. The smallest absolute Gasteiger partial charge is 0.119 e. The topological polar surface area (TPSA) is 29.5 Å². The molecule has 1 N–H and O–H groups in total. The van der Waals surface area contributed by atoms with Crippen molar-refractivity contribution in [1.29, 1.82) is 0 Å². The summed E-state index contributed by atoms with van der Waals surface area (Å²) in [6.07, 6.45) is 4.19. The monoisotopic (exact) mass is 424 g/mol. The third kappa shape index (κ3) is 6.96. The zero-order chi connectivity index (χ0) is 16.4. The molecule has 0 aliphatic heterocycles. The Morgan fingerprint density at radius 2 is 1.59 bits per heavy atom. The van der Waals surface area contributed by atoms with Gasteiger partial charge in [0.25, 0.3) is 0 Å². The molecule has 0 aliphatic carbocycles. The van der Waals surface area contributed by atoms with Gasteiger partial charge in [-0.15, -0.1) is 6.58 Å². The molecule has 2 aromatic carbocycles. The lowest BCUT2D eigenvalue weighted by Gasteiger charge is -2.01. The number of allylic oxidation sites excluding steroid dienone is 1. The zero-order valence-corrected chi connectivity index (χ0v) is 15.3. The molecule has 4 heteroatoms. The van der Waals surface area contributed by atoms with Crippen LogP contribution >= 0.6 is 31.9 Å². The standard InChI is InChI=1S/2C9H9BrO/c1-2-7-11-9-5-3-8(10)4-6-9;1-2-3-7-6-8(10)4-5-9(7)11/h2-6H,1,7H2;2,4-6,11H,1,3H2. The summed E-state index contributed by atoms with van der Waals surface area (Å²) in [5, 5.41) is 9.30. The highest BCUT2D eigenvalue weighted by molar-refractivity contribution is 9.10. The number of hydrogen-bond acceptors (Lipinski definition) is 2. The maximum absolute atomic E-state index is 9.30. The van der Waals surface area contributed by atoms with Crippen LogP contribution in [0.25, 0.3) is 0 Å². The molecular weight excluding hydrogens is 408 g/mol. The van der Waals surface area contributed by atoms with Gasteiger partial charge in [0.2, 0.25) is 0 Å². The van der Waals surface area contributed by atoms with Gasteiger partial charge < -0.3 is 9.84 Å². The van der Waals surface area contributed by atoms with Crippen molar-refractivity contribution in [2.75, 3.05) is 6.61 Å². The highest BCUT2D eigenvalue weighted by Gasteiger charge is 1.98. The van der Waals surface area contributed by atoms with E-state index >= 15 is 0 Å². The highest BCUT2D eigenvalue weighted by Crippen LogP contribution is 2.22. The number of aromatic hydroxyl groups is 1. The van der Waals surface area contributed by atoms with Gasteiger partial charge in [-0.3, -0.25) is 0 Å². The number of halogens is 2. The summed E-state index contributed by atoms with van der Waals surface area (Å²) < 4.78 is 7.31. The molecule has 0 aliphatic rings. The molecule has 2 aromatic rings. The van der Waals surface area contributed by atoms with Gasteiger partial charge in [0.15, 0.2) is 0 Å². The van der Waals surface area contributed by atoms with Crippen LogP contribution in [0.2, 0.25) is 0 Å². The van der Waals surface area contributed by atoms with Gasteiger partial charge in [0.1, 0.15) is 18.1 Å². The Morgan fingerprint density at radius 3 is 2.18 bits per heavy atom. The van der Waals surface area contributed by atoms with E-state index in [1.165, 1.54) is 0 Å². The Balaban J connectivity index is 0.000000220. The summed E-state index contributed by atoms with van der Waals surface area (Å²) >= 11 is 6.66. The first-order chi connectivity index (χ1) is 10.6. The van der Waals surface area contributed by atoms with Crippen molar-refractivity contribution in [3.63, 3.8) is 0 Å². The number of phenols is 1. The fourth-order valence-electron chi connectivity index (χ4n) is 1.56. The summed E-state index contributed by atoms with van der Waals surface area (Å²) in [7, 11) is 0. The lowest BCUT2D eigenvalue weighted by Crippen LogP contribution is -1.91. The Labute approximate surface area is 148 Å². The predicted molar refractivity (Wildman–Crippen MR) is 99.5 cm³/mol. The third-order valence-electron chi connectivity index (χ3n) is 2.59. The summed E-state index contributed by atoms with van der Waals surface area (Å²) in [6.45, 7) is 7.72. The summed E-state index contributed by atoms with van der Waals surface area (Å²) in [5.41, 5.74) is 0.898. The fraction of sp³-hybridized carbons (Fsp3) is 0.111. The molecule has 0 saturated heterocycles. The lowest BCUT2D eigenvalue weighted by molar-refractivity contribution is 0.363. The first-order valence-electron chi connectivity index (χ1n) is 6.64. The number of benzene rings is 2. The molecule has 2 rings (SSSR count). The van der Waals surface area contributed by atoms with E-state index in [0.717, 1.165) is 20.3 Å². The minimum Gasteiger partial charge on any atom is -0.508 e. The molecular formula is C18H18Br2O2. The van der Waals surface area contributed by atoms with Gasteiger partial charge in [-0.05, 0) is 54.4 Å². The van der Waals surface area contributed by atoms with E-state index in [9.17, 15) is 5.11 Å². The zero-order valence-electron chi connectivity index (χ0n) is 12.1. The summed E-state index contributed by atoms with van der Waals surface area (Å²) in [5.74, 6) is 1.20. The Kier molecular flexibility index (Phi) is 8.63. The van der Waals surface area contributed by atoms with Crippen LogP contribution in [0.3, 0.4) is 0 Å². The largest absolute Gasteiger partial charge is 0.508 e. The fourth-order valence-corrected chi connectivity index (χ4v) is 2.23. The minimum atomic E-state index is 0.327. The molecule has 0 fully saturated rings. The van der Waals surface area contributed by atoms with E-state index in [-0.39, 0.29) is 0 Å². The molecule has 0 aromatic heterocycles. The molecule has 2 nitrogen and oxygen atoms in total. The third-order valence-corrected chi connectivity index (χ3v) is 3.61. The van der Waals surface area contributed by atoms with Crippen molar-refractivity contribution in [3.05, 3.63) is 82.3 Å². The molecule has 116 valence electrons. The Hall–Kier alpha value is -1.52. The van der Waals surface area contributed by atoms with Gasteiger partial charge in [-0.25, -0.2) is 0 Å². The normalized spacial score (nSPS) is 9.36. The second-order valence-corrected chi connectivity index (χ2v) is 6.15. The SMILES string of the molecule is C=CCOc1ccc(Br)cc1.C=CCc1cc(Br)ccc1O. The molecule has 0 unspecified atom stereocenters. The van der Waals surface area contributed by atoms with Crippen molar-refractivity contribution < 1.29 is 9.84 Å². The average Bonchev–Trinajstić information content (AvgIpc) is 2.51. The summed E-state index contributed by atoms with van der Waals surface area (Å²) in [4.78, 5) is 0. The van der Waals surface area contributed by atoms with E-state index < -0.39 is 0 Å². The van der Waals surface area contributed by atoms with Crippen LogP contribution in [-0.4, -0.2) is 11.7 Å². The molecule has 0 heterocycles. The van der Waals surface area contributed by atoms with Crippen molar-refractivity contribution in [2.45, 2.75) is 6.42 Å². The van der Waals surface area contributed by atoms with Crippen LogP contribution in [0.1, 0.15) is 5.56 Å². The molecule has 22 heavy (non-hydrogen) atoms. The van der Waals surface area contributed by atoms with Crippen molar-refractivity contribution in [1.82, 2.24) is 0 Å². The van der Waals surface area contributed by atoms with Crippen LogP contribution in [0.5, 0.6) is 11.5 Å². The van der Waals surface area contributed by atoms with Crippen LogP contribution in [-0.2, 0) is 6.42 Å². The van der Waals surface area contributed by atoms with Gasteiger partial charge in [-0.1, -0.05) is 50.6 Å². The number of phenolic OH excluding ortho intramolecular Hbond substituents is 1. The molecule has 0 radical (unpaired) electrons. The molecule has 0 saturated carbocycles. The maximum atomic E-state index is 9.30. The molecule has 0 amide bonds. The van der Waals surface area contributed by atoms with E-state index in [1.54, 1.807) is 18.2 Å². The Morgan fingerprint density at radius 1 is 0.955 bits per heavy atom. The number of rotatable bonds is 5. The highest BCUT2D eigenvalue weighted by atomic mass is 79.9. The van der Waals surface area contributed by atoms with Crippen LogP contribution in [0.15, 0.2) is 76.7 Å². The van der Waals surface area contributed by atoms with Gasteiger partial charge in [0, 0.05) is 8.95 Å². The lowest BCUT2D eigenvalue weighted by atomic mass is 10.1. The average molecular weight is 426 g/mol. The Bertz CT molecular complexity index is 607. The van der Waals surface area contributed by atoms with E-state index in [0.29, 0.717) is 18.8 Å². The van der Waals surface area contributed by atoms with Gasteiger partial charge in [0.05, 0.1) is 0 Å². The molecule has 0 spiro atoms. The van der Waals surface area contributed by atoms with E-state index in [4.69, 9.17) is 4.74 Å². The first-order valence-corrected chi connectivity index (χ1v) is 8.23. The second kappa shape index (κ2) is 10.2. The van der Waals surface area contributed by atoms with Crippen molar-refractivity contribution in [3.8, 4) is 11.5 Å². The van der Waals surface area contributed by atoms with Crippen LogP contribution in [0, 0.1) is 0 Å². The number of hydrogen-bond donors (Lipinski definition) is 1. The van der Waals surface area contributed by atoms with E-state index in [2.05, 4.69) is 45.0 Å². The second-order valence-electron chi connectivity index (χ2n) is 4.32. The van der Waals surface area contributed by atoms with Crippen molar-refractivity contribution >= 4 is 31.9 Å². The van der Waals surface area contributed by atoms with Crippen molar-refractivity contribution in [2.24, 2.45) is 0 Å².